The minimum Gasteiger partial charge on any atom is -0.463 e. The van der Waals surface area contributed by atoms with Gasteiger partial charge in [0.1, 0.15) is 24.6 Å². The van der Waals surface area contributed by atoms with Crippen LogP contribution in [-0.4, -0.2) is 61.1 Å². The van der Waals surface area contributed by atoms with E-state index < -0.39 is 58.9 Å². The number of nitrogens with two attached hydrogens (primary N) is 1. The average Bonchev–Trinajstić information content (AvgIpc) is 2.84. The molecule has 0 radical (unpaired) electrons. The van der Waals surface area contributed by atoms with E-state index in [0.29, 0.717) is 0 Å². The monoisotopic (exact) mass is 439 g/mol. The van der Waals surface area contributed by atoms with E-state index in [1.807, 2.05) is 0 Å². The van der Waals surface area contributed by atoms with Crippen LogP contribution in [0.5, 0.6) is 0 Å². The number of rotatable bonds is 6. The Kier molecular flexibility index (Phi) is 6.64. The molecule has 1 fully saturated rings. The number of carbonyl (C=O) groups is 2. The molecule has 1 aliphatic heterocycles. The fourth-order valence-electron chi connectivity index (χ4n) is 2.54. The molecule has 1 aromatic rings. The third-order valence-corrected chi connectivity index (χ3v) is 4.40. The van der Waals surface area contributed by atoms with Crippen molar-refractivity contribution in [1.29, 1.82) is 0 Å². The highest BCUT2D eigenvalue weighted by molar-refractivity contribution is 7.86. The van der Waals surface area contributed by atoms with Gasteiger partial charge in [-0.05, 0) is 0 Å². The Balaban J connectivity index is 2.50. The van der Waals surface area contributed by atoms with Crippen LogP contribution in [0.2, 0.25) is 5.02 Å². The quantitative estimate of drug-likeness (QED) is 0.436. The molecule has 0 amide bonds. The van der Waals surface area contributed by atoms with Crippen molar-refractivity contribution in [2.45, 2.75) is 38.4 Å². The number of nitrogens with zero attached hydrogens (tertiary/aromatic N) is 2. The summed E-state index contributed by atoms with van der Waals surface area (Å²) in [5.74, 6) is -1.69. The molecule has 1 saturated heterocycles. The first kappa shape index (κ1) is 22.1. The van der Waals surface area contributed by atoms with Crippen molar-refractivity contribution in [3.05, 3.63) is 21.7 Å². The van der Waals surface area contributed by atoms with Gasteiger partial charge in [-0.15, -0.1) is 0 Å². The number of carbonyl (C=O) groups excluding carboxylic acids is 2. The van der Waals surface area contributed by atoms with Crippen LogP contribution in [0, 0.1) is 0 Å². The summed E-state index contributed by atoms with van der Waals surface area (Å²) < 4.78 is 44.8. The molecule has 28 heavy (non-hydrogen) atoms. The summed E-state index contributed by atoms with van der Waals surface area (Å²) in [6.07, 6.45) is -3.48. The van der Waals surface area contributed by atoms with Crippen molar-refractivity contribution < 1.29 is 36.4 Å². The lowest BCUT2D eigenvalue weighted by Crippen LogP contribution is -2.42. The van der Waals surface area contributed by atoms with Crippen LogP contribution in [0.1, 0.15) is 20.1 Å². The lowest BCUT2D eigenvalue weighted by Gasteiger charge is -2.23. The molecule has 1 aromatic heterocycles. The fraction of sp³-hybridized carbons (Fsp3) is 0.571. The standard InChI is InChI=1S/C14H18ClN3O9S/c1-6(19)24-5-9-10(27-28(3,22)23)11(25-7(2)20)13(26-9)18-4-8(15)12(16)17-14(18)21/h4,9-11,13H,5H2,1-3H3,(H2,16,17,21)/t9-,10+,11-,13-/m1/s1. The third-order valence-electron chi connectivity index (χ3n) is 3.53. The summed E-state index contributed by atoms with van der Waals surface area (Å²) in [6, 6.07) is 0. The number of hydrogen-bond acceptors (Lipinski definition) is 11. The number of nitrogen functional groups attached to an aromatic ring is 1. The summed E-state index contributed by atoms with van der Waals surface area (Å²) in [6.45, 7) is 1.79. The molecule has 12 nitrogen and oxygen atoms in total. The van der Waals surface area contributed by atoms with E-state index in [0.717, 1.165) is 30.9 Å². The van der Waals surface area contributed by atoms with E-state index in [4.69, 9.17) is 35.7 Å². The second-order valence-electron chi connectivity index (χ2n) is 5.87. The first-order chi connectivity index (χ1) is 12.9. The smallest absolute Gasteiger partial charge is 0.351 e. The topological polar surface area (TPSA) is 166 Å². The molecule has 0 bridgehead atoms. The molecule has 2 rings (SSSR count). The van der Waals surface area contributed by atoms with Crippen LogP contribution in [0.4, 0.5) is 5.82 Å². The Morgan fingerprint density at radius 2 is 1.96 bits per heavy atom. The minimum absolute atomic E-state index is 0.0891. The molecule has 0 spiro atoms. The number of anilines is 1. The van der Waals surface area contributed by atoms with Crippen LogP contribution >= 0.6 is 11.6 Å². The molecule has 0 unspecified atom stereocenters. The molecular formula is C14H18ClN3O9S. The predicted octanol–water partition coefficient (Wildman–Crippen LogP) is -0.784. The highest BCUT2D eigenvalue weighted by Crippen LogP contribution is 2.34. The molecule has 14 heteroatoms. The van der Waals surface area contributed by atoms with E-state index in [1.54, 1.807) is 0 Å². The van der Waals surface area contributed by atoms with E-state index in [2.05, 4.69) is 4.98 Å². The normalized spacial score (nSPS) is 24.7. The number of esters is 2. The van der Waals surface area contributed by atoms with Crippen molar-refractivity contribution in [1.82, 2.24) is 9.55 Å². The van der Waals surface area contributed by atoms with Crippen molar-refractivity contribution in [3.63, 3.8) is 0 Å². The summed E-state index contributed by atoms with van der Waals surface area (Å²) in [4.78, 5) is 38.4. The average molecular weight is 440 g/mol. The maximum Gasteiger partial charge on any atom is 0.351 e. The van der Waals surface area contributed by atoms with E-state index in [9.17, 15) is 22.8 Å². The summed E-state index contributed by atoms with van der Waals surface area (Å²) in [5.41, 5.74) is 4.59. The number of ether oxygens (including phenoxy) is 3. The van der Waals surface area contributed by atoms with Gasteiger partial charge in [-0.3, -0.25) is 18.3 Å². The minimum atomic E-state index is -4.04. The Labute approximate surface area is 164 Å². The van der Waals surface area contributed by atoms with Crippen molar-refractivity contribution in [2.24, 2.45) is 0 Å². The van der Waals surface area contributed by atoms with Gasteiger partial charge in [0.15, 0.2) is 12.3 Å². The summed E-state index contributed by atoms with van der Waals surface area (Å²) >= 11 is 5.89. The van der Waals surface area contributed by atoms with E-state index in [1.165, 1.54) is 0 Å². The molecule has 0 aromatic carbocycles. The van der Waals surface area contributed by atoms with Crippen LogP contribution < -0.4 is 11.4 Å². The lowest BCUT2D eigenvalue weighted by atomic mass is 10.1. The van der Waals surface area contributed by atoms with Crippen molar-refractivity contribution in [3.8, 4) is 0 Å². The second kappa shape index (κ2) is 8.43. The predicted molar refractivity (Wildman–Crippen MR) is 93.7 cm³/mol. The number of hydrogen-bond donors (Lipinski definition) is 1. The molecule has 2 heterocycles. The van der Waals surface area contributed by atoms with E-state index >= 15 is 0 Å². The third kappa shape index (κ3) is 5.41. The molecule has 1 aliphatic rings. The molecule has 156 valence electrons. The Bertz CT molecular complexity index is 932. The van der Waals surface area contributed by atoms with Crippen molar-refractivity contribution >= 4 is 39.5 Å². The van der Waals surface area contributed by atoms with Crippen molar-refractivity contribution in [2.75, 3.05) is 18.6 Å². The molecule has 0 aliphatic carbocycles. The van der Waals surface area contributed by atoms with Crippen LogP contribution in [0.15, 0.2) is 11.0 Å². The zero-order chi connectivity index (χ0) is 21.2. The van der Waals surface area contributed by atoms with Gasteiger partial charge in [0, 0.05) is 20.0 Å². The molecule has 2 N–H and O–H groups in total. The van der Waals surface area contributed by atoms with Gasteiger partial charge in [-0.1, -0.05) is 11.6 Å². The maximum absolute atomic E-state index is 12.2. The Morgan fingerprint density at radius 3 is 2.50 bits per heavy atom. The summed E-state index contributed by atoms with van der Waals surface area (Å²) in [5, 5.41) is -0.0891. The fourth-order valence-corrected chi connectivity index (χ4v) is 3.33. The van der Waals surface area contributed by atoms with Gasteiger partial charge in [0.2, 0.25) is 0 Å². The summed E-state index contributed by atoms with van der Waals surface area (Å²) in [7, 11) is -4.04. The second-order valence-corrected chi connectivity index (χ2v) is 7.88. The number of halogens is 1. The first-order valence-corrected chi connectivity index (χ1v) is 9.97. The molecule has 0 saturated carbocycles. The highest BCUT2D eigenvalue weighted by atomic mass is 35.5. The SMILES string of the molecule is CC(=O)OC[C@H]1O[C@@H](n2cc(Cl)c(N)nc2=O)[C@H](OC(C)=O)[C@H]1OS(C)(=O)=O. The van der Waals surface area contributed by atoms with Crippen LogP contribution in [0.3, 0.4) is 0 Å². The van der Waals surface area contributed by atoms with Gasteiger partial charge >= 0.3 is 17.6 Å². The highest BCUT2D eigenvalue weighted by Gasteiger charge is 2.51. The van der Waals surface area contributed by atoms with E-state index in [-0.39, 0.29) is 10.8 Å². The molecule has 4 atom stereocenters. The number of aromatic nitrogens is 2. The van der Waals surface area contributed by atoms with Crippen LogP contribution in [0.25, 0.3) is 0 Å². The van der Waals surface area contributed by atoms with Gasteiger partial charge in [-0.2, -0.15) is 13.4 Å². The lowest BCUT2D eigenvalue weighted by molar-refractivity contribution is -0.155. The van der Waals surface area contributed by atoms with Gasteiger partial charge in [0.05, 0.1) is 11.3 Å². The van der Waals surface area contributed by atoms with Gasteiger partial charge in [-0.25, -0.2) is 4.79 Å². The maximum atomic E-state index is 12.2. The Hall–Kier alpha value is -2.22. The Morgan fingerprint density at radius 1 is 1.32 bits per heavy atom. The first-order valence-electron chi connectivity index (χ1n) is 7.77. The zero-order valence-corrected chi connectivity index (χ0v) is 16.6. The zero-order valence-electron chi connectivity index (χ0n) is 15.0. The molecular weight excluding hydrogens is 422 g/mol. The van der Waals surface area contributed by atoms with Gasteiger partial charge < -0.3 is 19.9 Å². The van der Waals surface area contributed by atoms with Crippen LogP contribution in [-0.2, 0) is 38.1 Å². The largest absolute Gasteiger partial charge is 0.463 e. The van der Waals surface area contributed by atoms with Gasteiger partial charge in [0.25, 0.3) is 10.1 Å².